The second kappa shape index (κ2) is 9.22. The number of hydrogen-bond acceptors (Lipinski definition) is 3. The molecule has 0 aromatic carbocycles. The predicted octanol–water partition coefficient (Wildman–Crippen LogP) is 2.96. The van der Waals surface area contributed by atoms with E-state index in [1.54, 1.807) is 0 Å². The van der Waals surface area contributed by atoms with Crippen molar-refractivity contribution in [2.45, 2.75) is 78.0 Å². The minimum absolute atomic E-state index is 0.0456. The van der Waals surface area contributed by atoms with E-state index in [2.05, 4.69) is 54.7 Å². The van der Waals surface area contributed by atoms with Gasteiger partial charge in [-0.3, -0.25) is 4.99 Å². The summed E-state index contributed by atoms with van der Waals surface area (Å²) in [5.74, 6) is 1.80. The van der Waals surface area contributed by atoms with Gasteiger partial charge in [-0.25, -0.2) is 0 Å². The van der Waals surface area contributed by atoms with Crippen LogP contribution < -0.4 is 5.32 Å². The SMILES string of the molecule is CN=C(NCC1CCCN(C(C)C)C1)N1CCC(OC(C)(C)C)CC1. The van der Waals surface area contributed by atoms with Gasteiger partial charge in [-0.15, -0.1) is 0 Å². The summed E-state index contributed by atoms with van der Waals surface area (Å²) < 4.78 is 6.14. The molecule has 0 bridgehead atoms. The van der Waals surface area contributed by atoms with Crippen LogP contribution in [-0.2, 0) is 4.74 Å². The molecule has 2 fully saturated rings. The van der Waals surface area contributed by atoms with Gasteiger partial charge in [0.1, 0.15) is 0 Å². The molecular weight excluding hydrogens is 312 g/mol. The van der Waals surface area contributed by atoms with Crippen molar-refractivity contribution in [1.29, 1.82) is 0 Å². The highest BCUT2D eigenvalue weighted by Crippen LogP contribution is 2.21. The van der Waals surface area contributed by atoms with Crippen molar-refractivity contribution in [2.24, 2.45) is 10.9 Å². The third-order valence-corrected chi connectivity index (χ3v) is 5.30. The highest BCUT2D eigenvalue weighted by Gasteiger charge is 2.26. The van der Waals surface area contributed by atoms with Crippen molar-refractivity contribution in [2.75, 3.05) is 39.8 Å². The summed E-state index contributed by atoms with van der Waals surface area (Å²) in [4.78, 5) is 9.53. The zero-order chi connectivity index (χ0) is 18.4. The number of likely N-dealkylation sites (tertiary alicyclic amines) is 2. The van der Waals surface area contributed by atoms with Crippen molar-refractivity contribution < 1.29 is 4.74 Å². The highest BCUT2D eigenvalue weighted by molar-refractivity contribution is 5.79. The van der Waals surface area contributed by atoms with E-state index in [1.165, 1.54) is 25.9 Å². The largest absolute Gasteiger partial charge is 0.372 e. The first-order valence-electron chi connectivity index (χ1n) is 10.2. The van der Waals surface area contributed by atoms with Crippen LogP contribution in [0.1, 0.15) is 60.3 Å². The molecule has 1 N–H and O–H groups in total. The number of ether oxygens (including phenoxy) is 1. The molecule has 1 atom stereocenters. The van der Waals surface area contributed by atoms with Gasteiger partial charge >= 0.3 is 0 Å². The summed E-state index contributed by atoms with van der Waals surface area (Å²) in [5.41, 5.74) is -0.0456. The smallest absolute Gasteiger partial charge is 0.193 e. The first kappa shape index (κ1) is 20.5. The Balaban J connectivity index is 1.76. The number of nitrogens with one attached hydrogen (secondary N) is 1. The number of aliphatic imine (C=N–C) groups is 1. The van der Waals surface area contributed by atoms with Gasteiger partial charge in [0, 0.05) is 39.3 Å². The number of guanidine groups is 1. The molecule has 0 amide bonds. The minimum Gasteiger partial charge on any atom is -0.372 e. The van der Waals surface area contributed by atoms with Crippen molar-refractivity contribution in [3.63, 3.8) is 0 Å². The molecule has 0 aliphatic carbocycles. The van der Waals surface area contributed by atoms with E-state index in [4.69, 9.17) is 4.74 Å². The van der Waals surface area contributed by atoms with Gasteiger partial charge in [-0.2, -0.15) is 0 Å². The second-order valence-corrected chi connectivity index (χ2v) is 8.94. The van der Waals surface area contributed by atoms with Crippen LogP contribution in [0.3, 0.4) is 0 Å². The third kappa shape index (κ3) is 6.78. The lowest BCUT2D eigenvalue weighted by Crippen LogP contribution is -2.50. The Morgan fingerprint density at radius 1 is 1.16 bits per heavy atom. The van der Waals surface area contributed by atoms with Crippen LogP contribution in [0, 0.1) is 5.92 Å². The first-order chi connectivity index (χ1) is 11.8. The van der Waals surface area contributed by atoms with E-state index in [9.17, 15) is 0 Å². The molecule has 146 valence electrons. The molecule has 5 heteroatoms. The first-order valence-corrected chi connectivity index (χ1v) is 10.2. The van der Waals surface area contributed by atoms with Crippen molar-refractivity contribution in [3.05, 3.63) is 0 Å². The van der Waals surface area contributed by atoms with Gasteiger partial charge in [0.05, 0.1) is 11.7 Å². The van der Waals surface area contributed by atoms with Crippen LogP contribution in [0.5, 0.6) is 0 Å². The zero-order valence-electron chi connectivity index (χ0n) is 17.3. The summed E-state index contributed by atoms with van der Waals surface area (Å²) in [6.45, 7) is 16.6. The van der Waals surface area contributed by atoms with Gasteiger partial charge in [0.2, 0.25) is 0 Å². The number of rotatable bonds is 4. The molecule has 2 saturated heterocycles. The summed E-state index contributed by atoms with van der Waals surface area (Å²) in [6.07, 6.45) is 5.20. The summed E-state index contributed by atoms with van der Waals surface area (Å²) in [7, 11) is 1.90. The van der Waals surface area contributed by atoms with Crippen LogP contribution in [0.25, 0.3) is 0 Å². The van der Waals surface area contributed by atoms with E-state index < -0.39 is 0 Å². The van der Waals surface area contributed by atoms with Crippen LogP contribution in [0.15, 0.2) is 4.99 Å². The molecule has 2 aliphatic heterocycles. The molecule has 0 saturated carbocycles. The van der Waals surface area contributed by atoms with E-state index in [0.717, 1.165) is 44.4 Å². The number of piperidine rings is 2. The van der Waals surface area contributed by atoms with Crippen LogP contribution in [0.4, 0.5) is 0 Å². The molecular formula is C20H40N4O. The lowest BCUT2D eigenvalue weighted by atomic mass is 9.97. The molecule has 25 heavy (non-hydrogen) atoms. The quantitative estimate of drug-likeness (QED) is 0.624. The van der Waals surface area contributed by atoms with Gasteiger partial charge in [-0.1, -0.05) is 0 Å². The Kier molecular flexibility index (Phi) is 7.56. The zero-order valence-corrected chi connectivity index (χ0v) is 17.3. The van der Waals surface area contributed by atoms with E-state index >= 15 is 0 Å². The van der Waals surface area contributed by atoms with E-state index in [-0.39, 0.29) is 5.60 Å². The Morgan fingerprint density at radius 2 is 1.84 bits per heavy atom. The fraction of sp³-hybridized carbons (Fsp3) is 0.950. The molecule has 0 spiro atoms. The second-order valence-electron chi connectivity index (χ2n) is 8.94. The van der Waals surface area contributed by atoms with Crippen LogP contribution in [0.2, 0.25) is 0 Å². The van der Waals surface area contributed by atoms with Crippen molar-refractivity contribution in [1.82, 2.24) is 15.1 Å². The lowest BCUT2D eigenvalue weighted by molar-refractivity contribution is -0.0773. The van der Waals surface area contributed by atoms with Gasteiger partial charge < -0.3 is 19.9 Å². The summed E-state index contributed by atoms with van der Waals surface area (Å²) in [6, 6.07) is 0.656. The van der Waals surface area contributed by atoms with E-state index in [0.29, 0.717) is 12.1 Å². The predicted molar refractivity (Wildman–Crippen MR) is 106 cm³/mol. The molecule has 2 heterocycles. The normalized spacial score (nSPS) is 24.8. The van der Waals surface area contributed by atoms with Gasteiger partial charge in [0.15, 0.2) is 5.96 Å². The molecule has 5 nitrogen and oxygen atoms in total. The Labute approximate surface area is 155 Å². The average Bonchev–Trinajstić information content (AvgIpc) is 2.55. The topological polar surface area (TPSA) is 40.1 Å². The maximum absolute atomic E-state index is 6.14. The maximum Gasteiger partial charge on any atom is 0.193 e. The van der Waals surface area contributed by atoms with Crippen LogP contribution in [-0.4, -0.2) is 73.3 Å². The number of nitrogens with zero attached hydrogens (tertiary/aromatic N) is 3. The lowest BCUT2D eigenvalue weighted by Gasteiger charge is -2.38. The maximum atomic E-state index is 6.14. The standard InChI is InChI=1S/C20H40N4O/c1-16(2)24-11-7-8-17(15-24)14-22-19(21-6)23-12-9-18(10-13-23)25-20(3,4)5/h16-18H,7-15H2,1-6H3,(H,21,22). The average molecular weight is 353 g/mol. The van der Waals surface area contributed by atoms with Crippen LogP contribution >= 0.6 is 0 Å². The number of hydrogen-bond donors (Lipinski definition) is 1. The Hall–Kier alpha value is -0.810. The summed E-state index contributed by atoms with van der Waals surface area (Å²) in [5, 5.41) is 3.64. The fourth-order valence-electron chi connectivity index (χ4n) is 3.99. The highest BCUT2D eigenvalue weighted by atomic mass is 16.5. The minimum atomic E-state index is -0.0456. The Morgan fingerprint density at radius 3 is 2.40 bits per heavy atom. The van der Waals surface area contributed by atoms with Gasteiger partial charge in [-0.05, 0) is 72.8 Å². The van der Waals surface area contributed by atoms with Crippen molar-refractivity contribution >= 4 is 5.96 Å². The molecule has 0 radical (unpaired) electrons. The third-order valence-electron chi connectivity index (χ3n) is 5.30. The van der Waals surface area contributed by atoms with Crippen molar-refractivity contribution in [3.8, 4) is 0 Å². The molecule has 0 aromatic rings. The summed E-state index contributed by atoms with van der Waals surface area (Å²) >= 11 is 0. The molecule has 2 rings (SSSR count). The molecule has 0 aromatic heterocycles. The fourth-order valence-corrected chi connectivity index (χ4v) is 3.99. The monoisotopic (exact) mass is 352 g/mol. The molecule has 1 unspecified atom stereocenters. The Bertz CT molecular complexity index is 422. The van der Waals surface area contributed by atoms with Gasteiger partial charge in [0.25, 0.3) is 0 Å². The van der Waals surface area contributed by atoms with E-state index in [1.807, 2.05) is 7.05 Å². The molecule has 2 aliphatic rings.